The number of nitrogens with zero attached hydrogens (tertiary/aromatic N) is 4. The largest absolute Gasteiger partial charge is 0.497 e. The molecule has 9 nitrogen and oxygen atoms in total. The highest BCUT2D eigenvalue weighted by atomic mass is 16.5. The Hall–Kier alpha value is -4.21. The molecule has 0 bridgehead atoms. The topological polar surface area (TPSA) is 83.9 Å². The van der Waals surface area contributed by atoms with Crippen molar-refractivity contribution in [1.82, 2.24) is 14.8 Å². The fraction of sp³-hybridized carbons (Fsp3) is 0.344. The fourth-order valence-corrected chi connectivity index (χ4v) is 5.14. The van der Waals surface area contributed by atoms with Gasteiger partial charge in [-0.1, -0.05) is 42.5 Å². The molecular weight excluding hydrogens is 520 g/mol. The zero-order valence-electron chi connectivity index (χ0n) is 23.6. The summed E-state index contributed by atoms with van der Waals surface area (Å²) in [6.45, 7) is 3.91. The molecule has 0 saturated carbocycles. The molecule has 0 unspecified atom stereocenters. The number of hydrazone groups is 1. The van der Waals surface area contributed by atoms with Crippen LogP contribution in [0.15, 0.2) is 84.0 Å². The number of morpholine rings is 1. The predicted octanol–water partition coefficient (Wildman–Crippen LogP) is 3.86. The molecule has 1 saturated heterocycles. The van der Waals surface area contributed by atoms with Crippen molar-refractivity contribution in [1.29, 1.82) is 0 Å². The Bertz CT molecular complexity index is 1360. The van der Waals surface area contributed by atoms with Gasteiger partial charge in [0.25, 0.3) is 11.8 Å². The first-order chi connectivity index (χ1) is 20.1. The van der Waals surface area contributed by atoms with E-state index in [4.69, 9.17) is 19.3 Å². The SMILES string of the molecule is COc1ccc(C(=O)N(CCN2CCOCC2)CC(=O)N2N=C(c3cccc(OC)c3)C[C@H]2c2ccccc2)cc1. The number of methoxy groups -OCH3 is 2. The zero-order valence-corrected chi connectivity index (χ0v) is 23.6. The molecule has 1 fully saturated rings. The first kappa shape index (κ1) is 28.3. The van der Waals surface area contributed by atoms with Gasteiger partial charge in [-0.2, -0.15) is 5.10 Å². The quantitative estimate of drug-likeness (QED) is 0.377. The van der Waals surface area contributed by atoms with Crippen molar-refractivity contribution < 1.29 is 23.8 Å². The van der Waals surface area contributed by atoms with E-state index in [0.29, 0.717) is 44.0 Å². The summed E-state index contributed by atoms with van der Waals surface area (Å²) < 4.78 is 16.1. The number of rotatable bonds is 10. The lowest BCUT2D eigenvalue weighted by atomic mass is 9.98. The van der Waals surface area contributed by atoms with Crippen molar-refractivity contribution >= 4 is 17.5 Å². The number of ether oxygens (including phenoxy) is 3. The average molecular weight is 557 g/mol. The van der Waals surface area contributed by atoms with Crippen LogP contribution >= 0.6 is 0 Å². The van der Waals surface area contributed by atoms with Gasteiger partial charge in [0, 0.05) is 43.7 Å². The molecule has 5 rings (SSSR count). The fourth-order valence-electron chi connectivity index (χ4n) is 5.14. The van der Waals surface area contributed by atoms with Crippen LogP contribution in [0, 0.1) is 0 Å². The highest BCUT2D eigenvalue weighted by Crippen LogP contribution is 2.33. The van der Waals surface area contributed by atoms with Gasteiger partial charge >= 0.3 is 0 Å². The van der Waals surface area contributed by atoms with Crippen molar-refractivity contribution in [2.24, 2.45) is 5.10 Å². The summed E-state index contributed by atoms with van der Waals surface area (Å²) in [6.07, 6.45) is 0.559. The van der Waals surface area contributed by atoms with Crippen LogP contribution in [0.2, 0.25) is 0 Å². The summed E-state index contributed by atoms with van der Waals surface area (Å²) in [4.78, 5) is 31.5. The van der Waals surface area contributed by atoms with E-state index < -0.39 is 0 Å². The molecule has 1 atom stereocenters. The van der Waals surface area contributed by atoms with E-state index in [9.17, 15) is 9.59 Å². The van der Waals surface area contributed by atoms with Gasteiger partial charge in [-0.25, -0.2) is 5.01 Å². The summed E-state index contributed by atoms with van der Waals surface area (Å²) >= 11 is 0. The second-order valence-corrected chi connectivity index (χ2v) is 10.1. The molecule has 3 aromatic carbocycles. The summed E-state index contributed by atoms with van der Waals surface area (Å²) in [7, 11) is 3.22. The van der Waals surface area contributed by atoms with Crippen molar-refractivity contribution in [3.05, 3.63) is 95.6 Å². The van der Waals surface area contributed by atoms with E-state index in [1.165, 1.54) is 0 Å². The third-order valence-corrected chi connectivity index (χ3v) is 7.49. The van der Waals surface area contributed by atoms with Gasteiger partial charge in [-0.05, 0) is 42.0 Å². The van der Waals surface area contributed by atoms with Crippen LogP contribution in [0.25, 0.3) is 0 Å². The molecule has 0 radical (unpaired) electrons. The van der Waals surface area contributed by atoms with Crippen LogP contribution in [0.4, 0.5) is 0 Å². The first-order valence-corrected chi connectivity index (χ1v) is 13.9. The molecule has 2 amide bonds. The van der Waals surface area contributed by atoms with Crippen LogP contribution in [-0.2, 0) is 9.53 Å². The van der Waals surface area contributed by atoms with Crippen molar-refractivity contribution in [2.75, 3.05) is 60.2 Å². The number of carbonyl (C=O) groups excluding carboxylic acids is 2. The minimum absolute atomic E-state index is 0.0899. The maximum Gasteiger partial charge on any atom is 0.262 e. The summed E-state index contributed by atoms with van der Waals surface area (Å²) in [5.74, 6) is 0.951. The zero-order chi connectivity index (χ0) is 28.6. The number of benzene rings is 3. The van der Waals surface area contributed by atoms with Crippen LogP contribution in [0.5, 0.6) is 11.5 Å². The van der Waals surface area contributed by atoms with Crippen molar-refractivity contribution in [2.45, 2.75) is 12.5 Å². The van der Waals surface area contributed by atoms with Gasteiger partial charge in [-0.3, -0.25) is 14.5 Å². The molecule has 2 aliphatic rings. The van der Waals surface area contributed by atoms with Gasteiger partial charge in [0.15, 0.2) is 0 Å². The standard InChI is InChI=1S/C32H36N4O5/c1-39-27-13-11-25(12-14-27)32(38)35(16-15-34-17-19-41-20-18-34)23-31(37)36-30(24-7-4-3-5-8-24)22-29(33-36)26-9-6-10-28(21-26)40-2/h3-14,21,30H,15-20,22-23H2,1-2H3/t30-/m0/s1. The Kier molecular flexibility index (Phi) is 9.28. The van der Waals surface area contributed by atoms with E-state index in [-0.39, 0.29) is 24.4 Å². The lowest BCUT2D eigenvalue weighted by molar-refractivity contribution is -0.133. The second-order valence-electron chi connectivity index (χ2n) is 10.1. The maximum absolute atomic E-state index is 14.0. The maximum atomic E-state index is 14.0. The van der Waals surface area contributed by atoms with Crippen LogP contribution in [0.3, 0.4) is 0 Å². The molecular formula is C32H36N4O5. The number of hydrogen-bond acceptors (Lipinski definition) is 7. The molecule has 9 heteroatoms. The minimum Gasteiger partial charge on any atom is -0.497 e. The monoisotopic (exact) mass is 556 g/mol. The number of amides is 2. The normalized spacial score (nSPS) is 17.2. The highest BCUT2D eigenvalue weighted by molar-refractivity contribution is 6.04. The molecule has 41 heavy (non-hydrogen) atoms. The van der Waals surface area contributed by atoms with E-state index in [1.807, 2.05) is 54.6 Å². The van der Waals surface area contributed by atoms with Crippen molar-refractivity contribution in [3.8, 4) is 11.5 Å². The minimum atomic E-state index is -0.276. The van der Waals surface area contributed by atoms with Crippen LogP contribution in [0.1, 0.15) is 33.9 Å². The van der Waals surface area contributed by atoms with E-state index >= 15 is 0 Å². The van der Waals surface area contributed by atoms with Crippen molar-refractivity contribution in [3.63, 3.8) is 0 Å². The Morgan fingerprint density at radius 1 is 0.927 bits per heavy atom. The summed E-state index contributed by atoms with van der Waals surface area (Å²) in [6, 6.07) is 24.3. The van der Waals surface area contributed by atoms with E-state index in [1.54, 1.807) is 48.4 Å². The first-order valence-electron chi connectivity index (χ1n) is 13.9. The number of carbonyl (C=O) groups is 2. The Morgan fingerprint density at radius 2 is 1.66 bits per heavy atom. The summed E-state index contributed by atoms with van der Waals surface area (Å²) in [5.41, 5.74) is 3.19. The molecule has 0 N–H and O–H groups in total. The van der Waals surface area contributed by atoms with Gasteiger partial charge < -0.3 is 19.1 Å². The second kappa shape index (κ2) is 13.4. The van der Waals surface area contributed by atoms with E-state index in [0.717, 1.165) is 35.7 Å². The van der Waals surface area contributed by atoms with Gasteiger partial charge in [0.1, 0.15) is 18.0 Å². The molecule has 3 aromatic rings. The van der Waals surface area contributed by atoms with Gasteiger partial charge in [-0.15, -0.1) is 0 Å². The Labute approximate surface area is 240 Å². The third kappa shape index (κ3) is 6.93. The lowest BCUT2D eigenvalue weighted by Crippen LogP contribution is -2.46. The van der Waals surface area contributed by atoms with Crippen LogP contribution < -0.4 is 9.47 Å². The number of hydrogen-bond donors (Lipinski definition) is 0. The summed E-state index contributed by atoms with van der Waals surface area (Å²) in [5, 5.41) is 6.36. The Balaban J connectivity index is 1.40. The molecule has 2 heterocycles. The molecule has 214 valence electrons. The molecule has 2 aliphatic heterocycles. The van der Waals surface area contributed by atoms with Gasteiger partial charge in [0.05, 0.1) is 39.2 Å². The van der Waals surface area contributed by atoms with E-state index in [2.05, 4.69) is 4.90 Å². The smallest absolute Gasteiger partial charge is 0.262 e. The highest BCUT2D eigenvalue weighted by Gasteiger charge is 2.34. The van der Waals surface area contributed by atoms with Crippen LogP contribution in [-0.4, -0.2) is 92.5 Å². The Morgan fingerprint density at radius 3 is 2.37 bits per heavy atom. The molecule has 0 aromatic heterocycles. The third-order valence-electron chi connectivity index (χ3n) is 7.49. The average Bonchev–Trinajstić information content (AvgIpc) is 3.49. The van der Waals surface area contributed by atoms with Gasteiger partial charge in [0.2, 0.25) is 0 Å². The molecule has 0 aliphatic carbocycles. The molecule has 0 spiro atoms. The predicted molar refractivity (Wildman–Crippen MR) is 156 cm³/mol. The lowest BCUT2D eigenvalue weighted by Gasteiger charge is -2.31.